The van der Waals surface area contributed by atoms with Crippen molar-refractivity contribution in [2.45, 2.75) is 44.9 Å². The molecule has 0 spiro atoms. The molecule has 2 aromatic rings. The van der Waals surface area contributed by atoms with Gasteiger partial charge in [-0.15, -0.1) is 0 Å². The molecule has 7 nitrogen and oxygen atoms in total. The highest BCUT2D eigenvalue weighted by molar-refractivity contribution is 6.17. The summed E-state index contributed by atoms with van der Waals surface area (Å²) in [6, 6.07) is 4.03. The van der Waals surface area contributed by atoms with Crippen LogP contribution in [0.15, 0.2) is 30.2 Å². The number of aromatic nitrogens is 2. The quantitative estimate of drug-likeness (QED) is 0.610. The summed E-state index contributed by atoms with van der Waals surface area (Å²) in [7, 11) is 1.25. The van der Waals surface area contributed by atoms with E-state index in [1.807, 2.05) is 29.9 Å². The van der Waals surface area contributed by atoms with E-state index in [2.05, 4.69) is 9.84 Å². The van der Waals surface area contributed by atoms with Crippen molar-refractivity contribution in [2.24, 2.45) is 0 Å². The smallest absolute Gasteiger partial charge is 0.344 e. The number of carbonyl (C=O) groups excluding carboxylic acids is 2. The van der Waals surface area contributed by atoms with Crippen molar-refractivity contribution in [3.8, 4) is 0 Å². The lowest BCUT2D eigenvalue weighted by Crippen LogP contribution is -2.23. The van der Waals surface area contributed by atoms with Crippen molar-refractivity contribution in [1.29, 1.82) is 0 Å². The molecule has 0 amide bonds. The number of hydrogen-bond donors (Lipinski definition) is 0. The number of rotatable bonds is 3. The van der Waals surface area contributed by atoms with Crippen molar-refractivity contribution in [3.05, 3.63) is 41.3 Å². The molecule has 1 aromatic heterocycles. The first-order valence-corrected chi connectivity index (χ1v) is 9.15. The van der Waals surface area contributed by atoms with E-state index in [-0.39, 0.29) is 24.0 Å². The Labute approximate surface area is 156 Å². The fourth-order valence-corrected chi connectivity index (χ4v) is 3.81. The van der Waals surface area contributed by atoms with E-state index in [1.54, 1.807) is 0 Å². The Kier molecular flexibility index (Phi) is 4.70. The van der Waals surface area contributed by atoms with Crippen LogP contribution in [-0.2, 0) is 23.8 Å². The molecule has 0 N–H and O–H groups in total. The van der Waals surface area contributed by atoms with Crippen LogP contribution in [0.25, 0.3) is 10.9 Å². The topological polar surface area (TPSA) is 79.7 Å². The van der Waals surface area contributed by atoms with Crippen molar-refractivity contribution in [2.75, 3.05) is 13.7 Å². The van der Waals surface area contributed by atoms with Crippen LogP contribution in [0.1, 0.15) is 49.1 Å². The van der Waals surface area contributed by atoms with E-state index in [0.717, 1.165) is 47.9 Å². The van der Waals surface area contributed by atoms with Crippen LogP contribution in [0.5, 0.6) is 0 Å². The number of ketones is 1. The summed E-state index contributed by atoms with van der Waals surface area (Å²) >= 11 is 0. The molecule has 3 heterocycles. The van der Waals surface area contributed by atoms with Gasteiger partial charge < -0.3 is 14.2 Å². The Morgan fingerprint density at radius 2 is 2.19 bits per heavy atom. The zero-order chi connectivity index (χ0) is 19.0. The minimum absolute atomic E-state index is 0.0510. The Hall–Kier alpha value is -2.67. The van der Waals surface area contributed by atoms with Gasteiger partial charge in [0.2, 0.25) is 0 Å². The average molecular weight is 370 g/mol. The van der Waals surface area contributed by atoms with Crippen LogP contribution in [0, 0.1) is 6.92 Å². The Morgan fingerprint density at radius 3 is 2.89 bits per heavy atom. The van der Waals surface area contributed by atoms with Gasteiger partial charge in [-0.25, -0.2) is 9.48 Å². The molecule has 2 atom stereocenters. The van der Waals surface area contributed by atoms with Gasteiger partial charge >= 0.3 is 5.97 Å². The van der Waals surface area contributed by atoms with Crippen molar-refractivity contribution in [3.63, 3.8) is 0 Å². The zero-order valence-electron chi connectivity index (χ0n) is 15.4. The predicted molar refractivity (Wildman–Crippen MR) is 96.9 cm³/mol. The second-order valence-electron chi connectivity index (χ2n) is 6.91. The summed E-state index contributed by atoms with van der Waals surface area (Å²) < 4.78 is 18.2. The molecule has 0 bridgehead atoms. The second-order valence-corrected chi connectivity index (χ2v) is 6.91. The monoisotopic (exact) mass is 370 g/mol. The number of methoxy groups -OCH3 is 1. The number of Topliss-reactive ketones (excluding diaryl/α,β-unsaturated/α-hetero) is 1. The molecule has 1 aromatic carbocycles. The molecule has 142 valence electrons. The molecule has 0 aliphatic carbocycles. The second kappa shape index (κ2) is 7.15. The highest BCUT2D eigenvalue weighted by atomic mass is 16.5. The van der Waals surface area contributed by atoms with Crippen LogP contribution in [-0.4, -0.2) is 35.2 Å². The summed E-state index contributed by atoms with van der Waals surface area (Å²) in [6.45, 7) is 2.72. The number of benzene rings is 1. The molecule has 1 saturated heterocycles. The molecule has 4 rings (SSSR count). The van der Waals surface area contributed by atoms with Gasteiger partial charge in [0.05, 0.1) is 25.2 Å². The molecule has 2 unspecified atom stereocenters. The van der Waals surface area contributed by atoms with Gasteiger partial charge in [-0.3, -0.25) is 4.79 Å². The first kappa shape index (κ1) is 17.7. The summed E-state index contributed by atoms with van der Waals surface area (Å²) in [5.74, 6) is -0.951. The number of fused-ring (bicyclic) bond motifs is 1. The summed E-state index contributed by atoms with van der Waals surface area (Å²) in [4.78, 5) is 24.0. The van der Waals surface area contributed by atoms with Gasteiger partial charge in [0.25, 0.3) is 0 Å². The van der Waals surface area contributed by atoms with Crippen LogP contribution in [0.2, 0.25) is 0 Å². The predicted octanol–water partition coefficient (Wildman–Crippen LogP) is 3.13. The van der Waals surface area contributed by atoms with E-state index in [9.17, 15) is 9.59 Å². The largest absolute Gasteiger partial charge is 0.492 e. The molecule has 0 saturated carbocycles. The van der Waals surface area contributed by atoms with Gasteiger partial charge in [-0.05, 0) is 37.8 Å². The highest BCUT2D eigenvalue weighted by Crippen LogP contribution is 2.36. The third-order valence-corrected chi connectivity index (χ3v) is 5.22. The highest BCUT2D eigenvalue weighted by Gasteiger charge is 2.31. The average Bonchev–Trinajstić information content (AvgIpc) is 3.12. The van der Waals surface area contributed by atoms with Gasteiger partial charge in [-0.1, -0.05) is 6.07 Å². The van der Waals surface area contributed by atoms with Gasteiger partial charge in [0.1, 0.15) is 17.9 Å². The molecule has 7 heteroatoms. The van der Waals surface area contributed by atoms with Crippen molar-refractivity contribution in [1.82, 2.24) is 9.78 Å². The molecule has 0 radical (unpaired) electrons. The van der Waals surface area contributed by atoms with Gasteiger partial charge in [0, 0.05) is 17.6 Å². The maximum absolute atomic E-state index is 12.4. The summed E-state index contributed by atoms with van der Waals surface area (Å²) in [5.41, 5.74) is 2.84. The van der Waals surface area contributed by atoms with Crippen molar-refractivity contribution < 1.29 is 23.8 Å². The zero-order valence-corrected chi connectivity index (χ0v) is 15.4. The van der Waals surface area contributed by atoms with E-state index < -0.39 is 12.1 Å². The van der Waals surface area contributed by atoms with Crippen LogP contribution >= 0.6 is 0 Å². The lowest BCUT2D eigenvalue weighted by molar-refractivity contribution is -0.139. The third kappa shape index (κ3) is 3.12. The van der Waals surface area contributed by atoms with E-state index in [1.165, 1.54) is 13.4 Å². The number of carbonyl (C=O) groups is 2. The lowest BCUT2D eigenvalue weighted by Gasteiger charge is -2.25. The normalized spacial score (nSPS) is 23.0. The summed E-state index contributed by atoms with van der Waals surface area (Å²) in [5, 5.41) is 5.49. The van der Waals surface area contributed by atoms with Gasteiger partial charge in [-0.2, -0.15) is 5.10 Å². The number of ether oxygens (including phenoxy) is 3. The number of nitrogens with zero attached hydrogens (tertiary/aromatic N) is 2. The standard InChI is InChI=1S/C20H22N2O5/c1-12-6-7-15-13(10-21-22(15)18-5-3-4-8-26-18)19(12)17-9-16(23)14(11-27-17)20(24)25-2/h6-7,10-11,17-18H,3-5,8-9H2,1-2H3. The van der Waals surface area contributed by atoms with Crippen LogP contribution in [0.4, 0.5) is 0 Å². The Balaban J connectivity index is 1.71. The third-order valence-electron chi connectivity index (χ3n) is 5.22. The number of hydrogen-bond acceptors (Lipinski definition) is 6. The Bertz CT molecular complexity index is 924. The Morgan fingerprint density at radius 1 is 1.33 bits per heavy atom. The fraction of sp³-hybridized carbons (Fsp3) is 0.450. The maximum atomic E-state index is 12.4. The first-order chi connectivity index (χ1) is 13.1. The van der Waals surface area contributed by atoms with Gasteiger partial charge in [0.15, 0.2) is 12.0 Å². The number of esters is 1. The van der Waals surface area contributed by atoms with Crippen LogP contribution in [0.3, 0.4) is 0 Å². The molecule has 1 fully saturated rings. The minimum atomic E-state index is -0.671. The molecule has 2 aliphatic rings. The SMILES string of the molecule is COC(=O)C1=COC(c2c(C)ccc3c2cnn3C2CCCCO2)CC1=O. The fourth-order valence-electron chi connectivity index (χ4n) is 3.81. The lowest BCUT2D eigenvalue weighted by atomic mass is 9.93. The maximum Gasteiger partial charge on any atom is 0.344 e. The van der Waals surface area contributed by atoms with E-state index in [0.29, 0.717) is 0 Å². The van der Waals surface area contributed by atoms with E-state index >= 15 is 0 Å². The molecule has 2 aliphatic heterocycles. The van der Waals surface area contributed by atoms with E-state index in [4.69, 9.17) is 9.47 Å². The number of aryl methyl sites for hydroxylation is 1. The van der Waals surface area contributed by atoms with Crippen LogP contribution < -0.4 is 0 Å². The molecular formula is C20H22N2O5. The molecular weight excluding hydrogens is 348 g/mol. The van der Waals surface area contributed by atoms with Crippen molar-refractivity contribution >= 4 is 22.7 Å². The first-order valence-electron chi connectivity index (χ1n) is 9.15. The minimum Gasteiger partial charge on any atom is -0.492 e. The molecule has 27 heavy (non-hydrogen) atoms. The summed E-state index contributed by atoms with van der Waals surface area (Å²) in [6.07, 6.45) is 5.72.